The van der Waals surface area contributed by atoms with Gasteiger partial charge in [-0.25, -0.2) is 0 Å². The lowest BCUT2D eigenvalue weighted by Gasteiger charge is -2.28. The molecule has 0 atom stereocenters. The van der Waals surface area contributed by atoms with Gasteiger partial charge in [-0.2, -0.15) is 0 Å². The highest BCUT2D eigenvalue weighted by Gasteiger charge is 2.21. The van der Waals surface area contributed by atoms with Crippen molar-refractivity contribution >= 4 is 12.6 Å². The zero-order valence-electron chi connectivity index (χ0n) is 14.6. The highest BCUT2D eigenvalue weighted by atomic mass is 32.1. The molecule has 128 valence electrons. The molecule has 0 bridgehead atoms. The Morgan fingerprint density at radius 1 is 0.917 bits per heavy atom. The van der Waals surface area contributed by atoms with Gasteiger partial charge in [0.1, 0.15) is 12.4 Å². The zero-order chi connectivity index (χ0) is 16.8. The number of benzene rings is 2. The average molecular weight is 341 g/mol. The molecule has 1 nitrogen and oxygen atoms in total. The quantitative estimate of drug-likeness (QED) is 0.581. The molecule has 0 amide bonds. The highest BCUT2D eigenvalue weighted by Crippen LogP contribution is 2.37. The first-order valence-corrected chi connectivity index (χ1v) is 9.70. The molecule has 0 unspecified atom stereocenters. The second kappa shape index (κ2) is 8.62. The Morgan fingerprint density at radius 2 is 1.58 bits per heavy atom. The summed E-state index contributed by atoms with van der Waals surface area (Å²) in [7, 11) is 0. The van der Waals surface area contributed by atoms with Crippen LogP contribution in [0.4, 0.5) is 0 Å². The van der Waals surface area contributed by atoms with Gasteiger partial charge in [-0.15, -0.1) is 12.6 Å². The fourth-order valence-corrected chi connectivity index (χ4v) is 3.94. The van der Waals surface area contributed by atoms with Gasteiger partial charge in [0.25, 0.3) is 0 Å². The molecule has 2 heteroatoms. The van der Waals surface area contributed by atoms with Gasteiger partial charge in [0.15, 0.2) is 0 Å². The zero-order valence-corrected chi connectivity index (χ0v) is 15.5. The van der Waals surface area contributed by atoms with Crippen molar-refractivity contribution < 1.29 is 4.74 Å². The molecule has 0 spiro atoms. The summed E-state index contributed by atoms with van der Waals surface area (Å²) in [6.07, 6.45) is 8.28. The Labute approximate surface area is 151 Å². The molecule has 1 fully saturated rings. The molecule has 2 aromatic rings. The molecule has 1 aliphatic rings. The van der Waals surface area contributed by atoms with Crippen molar-refractivity contribution in [1.29, 1.82) is 0 Å². The number of hydrogen-bond donors (Lipinski definition) is 1. The standard InChI is InChI=1S/C22H28OS/c1-2-3-17-4-8-19(9-5-17)20-10-6-18(7-11-20)16-23-21-12-14-22(24)15-13-21/h6-7,10-15,17,19,24H,2-5,8-9,16H2,1H3. The van der Waals surface area contributed by atoms with Gasteiger partial charge >= 0.3 is 0 Å². The van der Waals surface area contributed by atoms with E-state index in [1.54, 1.807) is 0 Å². The van der Waals surface area contributed by atoms with Crippen LogP contribution < -0.4 is 4.74 Å². The van der Waals surface area contributed by atoms with Gasteiger partial charge in [-0.3, -0.25) is 0 Å². The van der Waals surface area contributed by atoms with Crippen molar-refractivity contribution in [1.82, 2.24) is 0 Å². The van der Waals surface area contributed by atoms with E-state index < -0.39 is 0 Å². The van der Waals surface area contributed by atoms with E-state index in [2.05, 4.69) is 43.8 Å². The molecule has 24 heavy (non-hydrogen) atoms. The van der Waals surface area contributed by atoms with E-state index in [9.17, 15) is 0 Å². The number of rotatable bonds is 6. The van der Waals surface area contributed by atoms with Crippen molar-refractivity contribution in [3.8, 4) is 5.75 Å². The van der Waals surface area contributed by atoms with Gasteiger partial charge in [0.05, 0.1) is 0 Å². The van der Waals surface area contributed by atoms with Crippen LogP contribution in [0.5, 0.6) is 5.75 Å². The summed E-state index contributed by atoms with van der Waals surface area (Å²) >= 11 is 4.29. The van der Waals surface area contributed by atoms with Crippen LogP contribution in [0, 0.1) is 5.92 Å². The summed E-state index contributed by atoms with van der Waals surface area (Å²) in [4.78, 5) is 0.959. The summed E-state index contributed by atoms with van der Waals surface area (Å²) in [5, 5.41) is 0. The molecule has 3 rings (SSSR count). The molecule has 0 aromatic heterocycles. The van der Waals surface area contributed by atoms with Crippen LogP contribution in [0.25, 0.3) is 0 Å². The van der Waals surface area contributed by atoms with E-state index in [1.807, 2.05) is 24.3 Å². The van der Waals surface area contributed by atoms with Crippen molar-refractivity contribution in [2.45, 2.75) is 62.9 Å². The summed E-state index contributed by atoms with van der Waals surface area (Å²) < 4.78 is 5.84. The third kappa shape index (κ3) is 4.80. The molecule has 1 aliphatic carbocycles. The minimum absolute atomic E-state index is 0.620. The van der Waals surface area contributed by atoms with E-state index in [-0.39, 0.29) is 0 Å². The van der Waals surface area contributed by atoms with Crippen LogP contribution in [0.2, 0.25) is 0 Å². The van der Waals surface area contributed by atoms with Crippen LogP contribution in [-0.2, 0) is 6.61 Å². The van der Waals surface area contributed by atoms with Gasteiger partial charge in [0.2, 0.25) is 0 Å². The number of ether oxygens (including phenoxy) is 1. The Hall–Kier alpha value is -1.41. The molecule has 0 N–H and O–H groups in total. The molecule has 0 saturated heterocycles. The fourth-order valence-electron chi connectivity index (χ4n) is 3.79. The van der Waals surface area contributed by atoms with E-state index in [0.29, 0.717) is 6.61 Å². The Bertz CT molecular complexity index is 609. The van der Waals surface area contributed by atoms with Crippen LogP contribution in [0.3, 0.4) is 0 Å². The van der Waals surface area contributed by atoms with Gasteiger partial charge in [-0.05, 0) is 72.9 Å². The first-order valence-electron chi connectivity index (χ1n) is 9.25. The molecule has 0 aliphatic heterocycles. The molecule has 0 heterocycles. The second-order valence-electron chi connectivity index (χ2n) is 7.03. The molecular formula is C22H28OS. The smallest absolute Gasteiger partial charge is 0.119 e. The SMILES string of the molecule is CCCC1CCC(c2ccc(COc3ccc(S)cc3)cc2)CC1. The predicted octanol–water partition coefficient (Wildman–Crippen LogP) is 6.63. The van der Waals surface area contributed by atoms with Gasteiger partial charge in [0, 0.05) is 4.90 Å². The highest BCUT2D eigenvalue weighted by molar-refractivity contribution is 7.80. The van der Waals surface area contributed by atoms with E-state index in [4.69, 9.17) is 4.74 Å². The predicted molar refractivity (Wildman–Crippen MR) is 104 cm³/mol. The van der Waals surface area contributed by atoms with Crippen LogP contribution in [0.1, 0.15) is 62.5 Å². The first-order chi connectivity index (χ1) is 11.7. The summed E-state index contributed by atoms with van der Waals surface area (Å²) in [6.45, 7) is 2.93. The largest absolute Gasteiger partial charge is 0.489 e. The first kappa shape index (κ1) is 17.4. The minimum Gasteiger partial charge on any atom is -0.489 e. The normalized spacial score (nSPS) is 20.8. The molecule has 0 radical (unpaired) electrons. The van der Waals surface area contributed by atoms with Crippen LogP contribution >= 0.6 is 12.6 Å². The van der Waals surface area contributed by atoms with Crippen molar-refractivity contribution in [2.75, 3.05) is 0 Å². The summed E-state index contributed by atoms with van der Waals surface area (Å²) in [6, 6.07) is 16.9. The molecule has 2 aromatic carbocycles. The monoisotopic (exact) mass is 340 g/mol. The van der Waals surface area contributed by atoms with E-state index in [0.717, 1.165) is 22.5 Å². The molecular weight excluding hydrogens is 312 g/mol. The number of hydrogen-bond acceptors (Lipinski definition) is 2. The van der Waals surface area contributed by atoms with Crippen LogP contribution in [-0.4, -0.2) is 0 Å². The fraction of sp³-hybridized carbons (Fsp3) is 0.455. The van der Waals surface area contributed by atoms with Crippen molar-refractivity contribution in [3.63, 3.8) is 0 Å². The van der Waals surface area contributed by atoms with E-state index >= 15 is 0 Å². The Kier molecular flexibility index (Phi) is 6.25. The maximum absolute atomic E-state index is 5.84. The van der Waals surface area contributed by atoms with Crippen LogP contribution in [0.15, 0.2) is 53.4 Å². The lowest BCUT2D eigenvalue weighted by atomic mass is 9.77. The number of thiol groups is 1. The third-order valence-electron chi connectivity index (χ3n) is 5.24. The third-order valence-corrected chi connectivity index (χ3v) is 5.54. The Balaban J connectivity index is 1.51. The average Bonchev–Trinajstić information content (AvgIpc) is 2.63. The van der Waals surface area contributed by atoms with Crippen molar-refractivity contribution in [2.24, 2.45) is 5.92 Å². The summed E-state index contributed by atoms with van der Waals surface area (Å²) in [5.74, 6) is 2.63. The van der Waals surface area contributed by atoms with Gasteiger partial charge < -0.3 is 4.74 Å². The maximum atomic E-state index is 5.84. The van der Waals surface area contributed by atoms with E-state index in [1.165, 1.54) is 49.7 Å². The minimum atomic E-state index is 0.620. The van der Waals surface area contributed by atoms with Crippen molar-refractivity contribution in [3.05, 3.63) is 59.7 Å². The topological polar surface area (TPSA) is 9.23 Å². The van der Waals surface area contributed by atoms with Gasteiger partial charge in [-0.1, -0.05) is 44.0 Å². The summed E-state index contributed by atoms with van der Waals surface area (Å²) in [5.41, 5.74) is 2.74. The maximum Gasteiger partial charge on any atom is 0.119 e. The molecule has 1 saturated carbocycles. The lowest BCUT2D eigenvalue weighted by molar-refractivity contribution is 0.304. The second-order valence-corrected chi connectivity index (χ2v) is 7.55. The lowest BCUT2D eigenvalue weighted by Crippen LogP contribution is -2.13. The Morgan fingerprint density at radius 3 is 2.21 bits per heavy atom.